The molecule has 0 spiro atoms. The monoisotopic (exact) mass is 328 g/mol. The maximum absolute atomic E-state index is 11.2. The summed E-state index contributed by atoms with van der Waals surface area (Å²) >= 11 is 6.00. The first-order chi connectivity index (χ1) is 9.78. The van der Waals surface area contributed by atoms with Crippen molar-refractivity contribution in [2.24, 2.45) is 10.6 Å². The van der Waals surface area contributed by atoms with Crippen molar-refractivity contribution in [1.82, 2.24) is 0 Å². The van der Waals surface area contributed by atoms with E-state index in [1.165, 1.54) is 18.2 Å². The summed E-state index contributed by atoms with van der Waals surface area (Å²) in [6.45, 7) is 0.718. The summed E-state index contributed by atoms with van der Waals surface area (Å²) in [6, 6.07) is 6.33. The van der Waals surface area contributed by atoms with Gasteiger partial charge in [0.15, 0.2) is 0 Å². The lowest BCUT2D eigenvalue weighted by molar-refractivity contribution is -0.0425. The molecule has 0 atom stereocenters. The Morgan fingerprint density at radius 1 is 1.48 bits per heavy atom. The molecular formula is C13H13ClN2O4S. The standard InChI is InChI=1S/C13H13ClN2O4S/c14-10-3-9(21(16,17)18)1-2-11(10)19-8-13-4-12(5-13,6-15)7-20-13/h1-3H,4-5,7-8H2,(H2,16,17,18). The lowest BCUT2D eigenvalue weighted by Crippen LogP contribution is -2.47. The third-order valence-electron chi connectivity index (χ3n) is 3.94. The van der Waals surface area contributed by atoms with E-state index in [2.05, 4.69) is 6.07 Å². The first kappa shape index (κ1) is 14.6. The molecule has 8 heteroatoms. The maximum Gasteiger partial charge on any atom is 0.238 e. The van der Waals surface area contributed by atoms with Crippen LogP contribution in [0.15, 0.2) is 23.1 Å². The van der Waals surface area contributed by atoms with Gasteiger partial charge in [0, 0.05) is 12.8 Å². The van der Waals surface area contributed by atoms with Crippen molar-refractivity contribution in [3.8, 4) is 11.8 Å². The zero-order valence-electron chi connectivity index (χ0n) is 11.0. The minimum atomic E-state index is -3.79. The van der Waals surface area contributed by atoms with Crippen molar-refractivity contribution in [2.45, 2.75) is 23.3 Å². The first-order valence-corrected chi connectivity index (χ1v) is 8.20. The van der Waals surface area contributed by atoms with E-state index in [0.29, 0.717) is 25.2 Å². The van der Waals surface area contributed by atoms with Gasteiger partial charge in [-0.15, -0.1) is 0 Å². The number of nitriles is 1. The van der Waals surface area contributed by atoms with Gasteiger partial charge < -0.3 is 9.47 Å². The zero-order valence-corrected chi connectivity index (χ0v) is 12.6. The number of benzene rings is 1. The van der Waals surface area contributed by atoms with Gasteiger partial charge in [0.05, 0.1) is 28.0 Å². The molecule has 0 unspecified atom stereocenters. The summed E-state index contributed by atoms with van der Waals surface area (Å²) < 4.78 is 33.7. The van der Waals surface area contributed by atoms with Crippen LogP contribution < -0.4 is 9.88 Å². The smallest absolute Gasteiger partial charge is 0.238 e. The number of nitrogens with two attached hydrogens (primary N) is 1. The van der Waals surface area contributed by atoms with E-state index in [-0.39, 0.29) is 21.9 Å². The summed E-state index contributed by atoms with van der Waals surface area (Å²) in [5.41, 5.74) is -0.775. The molecule has 1 saturated carbocycles. The number of nitrogens with zero attached hydrogens (tertiary/aromatic N) is 1. The molecule has 112 valence electrons. The number of hydrogen-bond acceptors (Lipinski definition) is 5. The molecule has 3 fully saturated rings. The fraction of sp³-hybridized carbons (Fsp3) is 0.462. The largest absolute Gasteiger partial charge is 0.489 e. The summed E-state index contributed by atoms with van der Waals surface area (Å²) in [7, 11) is -3.79. The van der Waals surface area contributed by atoms with Crippen LogP contribution in [0.1, 0.15) is 12.8 Å². The molecule has 2 bridgehead atoms. The molecule has 0 aromatic heterocycles. The summed E-state index contributed by atoms with van der Waals surface area (Å²) in [5, 5.41) is 14.3. The highest BCUT2D eigenvalue weighted by molar-refractivity contribution is 7.89. The number of hydrogen-bond donors (Lipinski definition) is 1. The molecule has 2 aliphatic heterocycles. The molecule has 0 radical (unpaired) electrons. The van der Waals surface area contributed by atoms with Crippen molar-refractivity contribution in [3.05, 3.63) is 23.2 Å². The average Bonchev–Trinajstić information content (AvgIpc) is 2.92. The molecule has 2 N–H and O–H groups in total. The van der Waals surface area contributed by atoms with Crippen LogP contribution >= 0.6 is 11.6 Å². The molecule has 2 saturated heterocycles. The minimum Gasteiger partial charge on any atom is -0.489 e. The predicted molar refractivity (Wildman–Crippen MR) is 74.3 cm³/mol. The molecular weight excluding hydrogens is 316 g/mol. The van der Waals surface area contributed by atoms with Gasteiger partial charge in [-0.2, -0.15) is 5.26 Å². The van der Waals surface area contributed by atoms with Crippen molar-refractivity contribution >= 4 is 21.6 Å². The Hall–Kier alpha value is -1.33. The molecule has 1 aliphatic carbocycles. The van der Waals surface area contributed by atoms with Gasteiger partial charge in [0.25, 0.3) is 0 Å². The Bertz CT molecular complexity index is 735. The number of rotatable bonds is 4. The molecule has 1 aromatic carbocycles. The minimum absolute atomic E-state index is 0.0673. The van der Waals surface area contributed by atoms with E-state index in [0.717, 1.165) is 0 Å². The van der Waals surface area contributed by atoms with Crippen LogP contribution in [0.2, 0.25) is 5.02 Å². The van der Waals surface area contributed by atoms with Gasteiger partial charge in [-0.3, -0.25) is 0 Å². The second kappa shape index (κ2) is 4.58. The van der Waals surface area contributed by atoms with E-state index in [9.17, 15) is 8.42 Å². The number of fused-ring (bicyclic) bond motifs is 1. The Kier molecular flexibility index (Phi) is 3.19. The topological polar surface area (TPSA) is 102 Å². The second-order valence-corrected chi connectivity index (χ2v) is 7.61. The Morgan fingerprint density at radius 3 is 2.71 bits per heavy atom. The SMILES string of the molecule is N#CC12COC(COc3ccc(S(N)(=O)=O)cc3Cl)(C1)C2. The van der Waals surface area contributed by atoms with Gasteiger partial charge in [-0.25, -0.2) is 13.6 Å². The Labute approximate surface area is 127 Å². The van der Waals surface area contributed by atoms with E-state index < -0.39 is 15.6 Å². The van der Waals surface area contributed by atoms with Crippen molar-refractivity contribution in [2.75, 3.05) is 13.2 Å². The highest BCUT2D eigenvalue weighted by atomic mass is 35.5. The van der Waals surface area contributed by atoms with Crippen LogP contribution in [-0.4, -0.2) is 27.2 Å². The molecule has 4 rings (SSSR count). The number of sulfonamides is 1. The van der Waals surface area contributed by atoms with Gasteiger partial charge in [-0.05, 0) is 18.2 Å². The normalized spacial score (nSPS) is 30.5. The summed E-state index contributed by atoms with van der Waals surface area (Å²) in [5.74, 6) is 0.364. The molecule has 6 nitrogen and oxygen atoms in total. The molecule has 21 heavy (non-hydrogen) atoms. The highest BCUT2D eigenvalue weighted by Gasteiger charge is 2.63. The summed E-state index contributed by atoms with van der Waals surface area (Å²) in [6.07, 6.45) is 1.31. The predicted octanol–water partition coefficient (Wildman–Crippen LogP) is 1.44. The molecule has 0 amide bonds. The van der Waals surface area contributed by atoms with Gasteiger partial charge in [0.1, 0.15) is 18.0 Å². The van der Waals surface area contributed by atoms with E-state index in [1.54, 1.807) is 0 Å². The lowest BCUT2D eigenvalue weighted by Gasteiger charge is -2.39. The molecule has 1 aromatic rings. The van der Waals surface area contributed by atoms with E-state index in [1.807, 2.05) is 0 Å². The second-order valence-electron chi connectivity index (χ2n) is 5.64. The van der Waals surface area contributed by atoms with E-state index >= 15 is 0 Å². The fourth-order valence-electron chi connectivity index (χ4n) is 2.92. The molecule has 3 aliphatic rings. The summed E-state index contributed by atoms with van der Waals surface area (Å²) in [4.78, 5) is -0.0673. The van der Waals surface area contributed by atoms with E-state index in [4.69, 9.17) is 31.5 Å². The third-order valence-corrected chi connectivity index (χ3v) is 5.14. The first-order valence-electron chi connectivity index (χ1n) is 6.28. The van der Waals surface area contributed by atoms with Crippen LogP contribution in [-0.2, 0) is 14.8 Å². The maximum atomic E-state index is 11.2. The quantitative estimate of drug-likeness (QED) is 0.900. The molecule has 2 heterocycles. The van der Waals surface area contributed by atoms with Crippen molar-refractivity contribution < 1.29 is 17.9 Å². The van der Waals surface area contributed by atoms with Crippen LogP contribution in [0, 0.1) is 16.7 Å². The van der Waals surface area contributed by atoms with Gasteiger partial charge in [0.2, 0.25) is 10.0 Å². The third kappa shape index (κ3) is 2.49. The fourth-order valence-corrected chi connectivity index (χ4v) is 3.76. The number of primary sulfonamides is 1. The van der Waals surface area contributed by atoms with Gasteiger partial charge in [-0.1, -0.05) is 11.6 Å². The zero-order chi connectivity index (χ0) is 15.3. The Balaban J connectivity index is 1.69. The highest BCUT2D eigenvalue weighted by Crippen LogP contribution is 2.57. The van der Waals surface area contributed by atoms with Crippen LogP contribution in [0.3, 0.4) is 0 Å². The average molecular weight is 329 g/mol. The Morgan fingerprint density at radius 2 is 2.19 bits per heavy atom. The number of ether oxygens (including phenoxy) is 2. The van der Waals surface area contributed by atoms with Crippen LogP contribution in [0.5, 0.6) is 5.75 Å². The van der Waals surface area contributed by atoms with Crippen molar-refractivity contribution in [3.63, 3.8) is 0 Å². The number of halogens is 1. The van der Waals surface area contributed by atoms with Crippen molar-refractivity contribution in [1.29, 1.82) is 5.26 Å². The van der Waals surface area contributed by atoms with Crippen LogP contribution in [0.4, 0.5) is 0 Å². The van der Waals surface area contributed by atoms with Crippen LogP contribution in [0.25, 0.3) is 0 Å². The lowest BCUT2D eigenvalue weighted by atomic mass is 9.64. The van der Waals surface area contributed by atoms with Gasteiger partial charge >= 0.3 is 0 Å².